The molecule has 11 nitrogen and oxygen atoms in total. The molecule has 0 atom stereocenters. The molecule has 0 aliphatic carbocycles. The number of para-hydroxylation sites is 1. The zero-order valence-electron chi connectivity index (χ0n) is 25.7. The number of aryl methyl sites for hydroxylation is 1. The quantitative estimate of drug-likeness (QED) is 0.162. The molecule has 3 heterocycles. The number of amides is 3. The third kappa shape index (κ3) is 7.11. The molecule has 2 aliphatic rings. The molecule has 0 unspecified atom stereocenters. The minimum atomic E-state index is -5.42. The van der Waals surface area contributed by atoms with Crippen LogP contribution in [0.4, 0.5) is 44.2 Å². The molecule has 47 heavy (non-hydrogen) atoms. The van der Waals surface area contributed by atoms with Gasteiger partial charge in [0.15, 0.2) is 11.6 Å². The molecule has 1 saturated heterocycles. The summed E-state index contributed by atoms with van der Waals surface area (Å²) in [7, 11) is 0. The van der Waals surface area contributed by atoms with Crippen molar-refractivity contribution in [3.8, 4) is 17.0 Å². The van der Waals surface area contributed by atoms with Crippen LogP contribution in [0, 0.1) is 18.6 Å². The standard InChI is InChI=1S/C31H32F5N7O4/c1-16(2)39-27(44)18-10-9-17(3)22(25(18)47-28(45)31(34,35)36)23-19-15-38-30(46)43(24-20(32)7-6-8-21(24)33)26(19)41-29(40-23)37-11-14-42-12-4-5-13-42/h6-10,16H,4-5,11-15H2,1-3H3,(H,38,46)(H,39,44)(H,37,40,41). The van der Waals surface area contributed by atoms with Crippen molar-refractivity contribution in [3.63, 3.8) is 0 Å². The summed E-state index contributed by atoms with van der Waals surface area (Å²) in [6.07, 6.45) is -3.35. The molecule has 1 fully saturated rings. The fraction of sp³-hybridized carbons (Fsp3) is 0.387. The lowest BCUT2D eigenvalue weighted by Gasteiger charge is -2.31. The van der Waals surface area contributed by atoms with Crippen LogP contribution < -0.4 is 25.6 Å². The van der Waals surface area contributed by atoms with E-state index in [1.54, 1.807) is 13.8 Å². The second-order valence-corrected chi connectivity index (χ2v) is 11.4. The van der Waals surface area contributed by atoms with Gasteiger partial charge in [-0.05, 0) is 70.5 Å². The number of nitrogens with zero attached hydrogens (tertiary/aromatic N) is 4. The van der Waals surface area contributed by atoms with E-state index in [2.05, 4.69) is 30.8 Å². The number of esters is 1. The van der Waals surface area contributed by atoms with Crippen LogP contribution in [0.3, 0.4) is 0 Å². The van der Waals surface area contributed by atoms with Crippen LogP contribution in [0.15, 0.2) is 30.3 Å². The van der Waals surface area contributed by atoms with E-state index in [0.29, 0.717) is 18.0 Å². The monoisotopic (exact) mass is 661 g/mol. The second-order valence-electron chi connectivity index (χ2n) is 11.4. The summed E-state index contributed by atoms with van der Waals surface area (Å²) in [5.41, 5.74) is -1.20. The van der Waals surface area contributed by atoms with Gasteiger partial charge in [0.1, 0.15) is 17.3 Å². The SMILES string of the molecule is Cc1ccc(C(=O)NC(C)C)c(OC(=O)C(F)(F)F)c1-c1nc(NCCN2CCCC2)nc2c1CNC(=O)N2c1c(F)cccc1F. The van der Waals surface area contributed by atoms with Crippen LogP contribution in [-0.4, -0.2) is 71.2 Å². The topological polar surface area (TPSA) is 129 Å². The average Bonchev–Trinajstić information content (AvgIpc) is 3.51. The van der Waals surface area contributed by atoms with E-state index in [9.17, 15) is 27.6 Å². The van der Waals surface area contributed by atoms with E-state index >= 15 is 8.78 Å². The van der Waals surface area contributed by atoms with Crippen LogP contribution in [0.5, 0.6) is 5.75 Å². The zero-order chi connectivity index (χ0) is 34.0. The van der Waals surface area contributed by atoms with Crippen molar-refractivity contribution in [2.24, 2.45) is 0 Å². The minimum Gasteiger partial charge on any atom is -0.418 e. The van der Waals surface area contributed by atoms with Crippen molar-refractivity contribution in [1.82, 2.24) is 25.5 Å². The lowest BCUT2D eigenvalue weighted by atomic mass is 9.95. The number of hydrogen-bond acceptors (Lipinski definition) is 8. The number of benzene rings is 2. The third-order valence-corrected chi connectivity index (χ3v) is 7.58. The number of anilines is 3. The first-order chi connectivity index (χ1) is 22.3. The van der Waals surface area contributed by atoms with Crippen molar-refractivity contribution in [1.29, 1.82) is 0 Å². The van der Waals surface area contributed by atoms with E-state index in [0.717, 1.165) is 44.1 Å². The van der Waals surface area contributed by atoms with Gasteiger partial charge in [0, 0.05) is 30.3 Å². The van der Waals surface area contributed by atoms with Crippen LogP contribution in [0.2, 0.25) is 0 Å². The van der Waals surface area contributed by atoms with Crippen molar-refractivity contribution in [2.75, 3.05) is 36.4 Å². The molecule has 0 radical (unpaired) electrons. The van der Waals surface area contributed by atoms with E-state index in [1.165, 1.54) is 19.1 Å². The van der Waals surface area contributed by atoms with Gasteiger partial charge >= 0.3 is 18.2 Å². The summed E-state index contributed by atoms with van der Waals surface area (Å²) in [6, 6.07) is 4.29. The molecule has 3 N–H and O–H groups in total. The number of hydrogen-bond donors (Lipinski definition) is 3. The number of urea groups is 1. The number of alkyl halides is 3. The summed E-state index contributed by atoms with van der Waals surface area (Å²) in [5, 5.41) is 8.11. The van der Waals surface area contributed by atoms with Gasteiger partial charge < -0.3 is 25.6 Å². The molecule has 2 aromatic carbocycles. The highest BCUT2D eigenvalue weighted by Gasteiger charge is 2.43. The number of fused-ring (bicyclic) bond motifs is 1. The Hall–Kier alpha value is -4.86. The fourth-order valence-corrected chi connectivity index (χ4v) is 5.44. The maximum Gasteiger partial charge on any atom is 0.491 e. The Morgan fingerprint density at radius 1 is 1.06 bits per heavy atom. The van der Waals surface area contributed by atoms with Gasteiger partial charge in [-0.3, -0.25) is 4.79 Å². The fourth-order valence-electron chi connectivity index (χ4n) is 5.44. The van der Waals surface area contributed by atoms with E-state index in [4.69, 9.17) is 4.74 Å². The predicted octanol–water partition coefficient (Wildman–Crippen LogP) is 5.21. The van der Waals surface area contributed by atoms with Crippen LogP contribution in [-0.2, 0) is 11.3 Å². The number of likely N-dealkylation sites (tertiary alicyclic amines) is 1. The van der Waals surface area contributed by atoms with Crippen LogP contribution >= 0.6 is 0 Å². The number of aromatic nitrogens is 2. The van der Waals surface area contributed by atoms with Crippen molar-refractivity contribution in [2.45, 2.75) is 52.4 Å². The van der Waals surface area contributed by atoms with Gasteiger partial charge in [-0.1, -0.05) is 12.1 Å². The summed E-state index contributed by atoms with van der Waals surface area (Å²) < 4.78 is 75.7. The highest BCUT2D eigenvalue weighted by Crippen LogP contribution is 2.43. The van der Waals surface area contributed by atoms with Crippen LogP contribution in [0.25, 0.3) is 11.3 Å². The van der Waals surface area contributed by atoms with E-state index in [1.807, 2.05) is 0 Å². The maximum absolute atomic E-state index is 15.1. The summed E-state index contributed by atoms with van der Waals surface area (Å²) >= 11 is 0. The van der Waals surface area contributed by atoms with Crippen molar-refractivity contribution in [3.05, 3.63) is 58.7 Å². The molecular formula is C31H32F5N7O4. The summed E-state index contributed by atoms with van der Waals surface area (Å²) in [5.74, 6) is -6.72. The first kappa shape index (κ1) is 33.5. The van der Waals surface area contributed by atoms with Gasteiger partial charge in [0.05, 0.1) is 17.8 Å². The largest absolute Gasteiger partial charge is 0.491 e. The highest BCUT2D eigenvalue weighted by molar-refractivity contribution is 6.04. The Morgan fingerprint density at radius 3 is 2.38 bits per heavy atom. The molecule has 1 aromatic heterocycles. The number of carbonyl (C=O) groups excluding carboxylic acids is 3. The summed E-state index contributed by atoms with van der Waals surface area (Å²) in [6.45, 7) is 7.11. The first-order valence-corrected chi connectivity index (χ1v) is 14.9. The van der Waals surface area contributed by atoms with Crippen molar-refractivity contribution >= 4 is 35.4 Å². The van der Waals surface area contributed by atoms with Gasteiger partial charge in [0.25, 0.3) is 5.91 Å². The van der Waals surface area contributed by atoms with Crippen LogP contribution in [0.1, 0.15) is 48.2 Å². The van der Waals surface area contributed by atoms with Gasteiger partial charge in [-0.25, -0.2) is 28.3 Å². The number of ether oxygens (including phenoxy) is 1. The molecular weight excluding hydrogens is 629 g/mol. The van der Waals surface area contributed by atoms with Gasteiger partial charge in [-0.15, -0.1) is 0 Å². The second kappa shape index (κ2) is 13.5. The first-order valence-electron chi connectivity index (χ1n) is 14.9. The molecule has 3 amide bonds. The predicted molar refractivity (Wildman–Crippen MR) is 161 cm³/mol. The summed E-state index contributed by atoms with van der Waals surface area (Å²) in [4.78, 5) is 50.5. The lowest BCUT2D eigenvalue weighted by molar-refractivity contribution is -0.189. The van der Waals surface area contributed by atoms with Gasteiger partial charge in [-0.2, -0.15) is 18.2 Å². The van der Waals surface area contributed by atoms with Gasteiger partial charge in [0.2, 0.25) is 5.95 Å². The third-order valence-electron chi connectivity index (χ3n) is 7.58. The molecule has 5 rings (SSSR count). The number of carbonyl (C=O) groups is 3. The molecule has 16 heteroatoms. The number of rotatable bonds is 9. The zero-order valence-corrected chi connectivity index (χ0v) is 25.7. The highest BCUT2D eigenvalue weighted by atomic mass is 19.4. The smallest absolute Gasteiger partial charge is 0.418 e. The van der Waals surface area contributed by atoms with E-state index < -0.39 is 58.8 Å². The minimum absolute atomic E-state index is 0.0335. The molecule has 0 saturated carbocycles. The molecule has 2 aliphatic heterocycles. The Labute approximate surface area is 266 Å². The van der Waals surface area contributed by atoms with Crippen molar-refractivity contribution < 1.29 is 41.1 Å². The maximum atomic E-state index is 15.1. The Bertz CT molecular complexity index is 1690. The number of nitrogens with one attached hydrogen (secondary N) is 3. The Morgan fingerprint density at radius 2 is 1.74 bits per heavy atom. The van der Waals surface area contributed by atoms with E-state index in [-0.39, 0.29) is 40.7 Å². The molecule has 250 valence electrons. The molecule has 0 spiro atoms. The molecule has 0 bridgehead atoms. The average molecular weight is 662 g/mol. The lowest BCUT2D eigenvalue weighted by Crippen LogP contribution is -2.43. The Balaban J connectivity index is 1.75. The number of halogens is 5. The Kier molecular flexibility index (Phi) is 9.60. The normalized spacial score (nSPS) is 15.0. The molecule has 3 aromatic rings.